The lowest BCUT2D eigenvalue weighted by molar-refractivity contribution is 0.127. The van der Waals surface area contributed by atoms with Crippen LogP contribution in [0.4, 0.5) is 0 Å². The first kappa shape index (κ1) is 30.5. The average Bonchev–Trinajstić information content (AvgIpc) is 3.70. The largest absolute Gasteiger partial charge is 0.454 e. The number of rotatable bonds is 14. The number of imidazole rings is 1. The van der Waals surface area contributed by atoms with Gasteiger partial charge in [0.1, 0.15) is 5.82 Å². The second-order valence-electron chi connectivity index (χ2n) is 12.7. The van der Waals surface area contributed by atoms with Crippen molar-refractivity contribution in [2.24, 2.45) is 5.92 Å². The van der Waals surface area contributed by atoms with Crippen LogP contribution in [0.25, 0.3) is 22.6 Å². The highest BCUT2D eigenvalue weighted by molar-refractivity contribution is 5.69. The average molecular weight is 592 g/mol. The van der Waals surface area contributed by atoms with Crippen LogP contribution in [-0.4, -0.2) is 27.8 Å². The summed E-state index contributed by atoms with van der Waals surface area (Å²) in [6.45, 7) is 7.89. The minimum atomic E-state index is 0.249. The van der Waals surface area contributed by atoms with Crippen LogP contribution in [0, 0.1) is 5.92 Å². The summed E-state index contributed by atoms with van der Waals surface area (Å²) in [6.07, 6.45) is 12.5. The summed E-state index contributed by atoms with van der Waals surface area (Å²) >= 11 is 0. The summed E-state index contributed by atoms with van der Waals surface area (Å²) in [5.41, 5.74) is 6.21. The molecule has 2 heterocycles. The van der Waals surface area contributed by atoms with Crippen LogP contribution < -0.4 is 9.47 Å². The van der Waals surface area contributed by atoms with Gasteiger partial charge in [-0.25, -0.2) is 4.98 Å². The van der Waals surface area contributed by atoms with Crippen molar-refractivity contribution in [3.8, 4) is 34.1 Å². The van der Waals surface area contributed by atoms with Gasteiger partial charge in [-0.2, -0.15) is 0 Å². The standard InChI is InChI=1S/C39H49N3O2/c1-3-5-22-34(41(27-30-16-10-7-11-17-30)28-31-23-24-35-36(26-31)44-29-43-35)38-37(32-18-12-8-13-19-32)40-39(42(38)25-6-4-2)33-20-14-9-15-21-33/h8-9,12-15,18-21,23-24,26,30,34H,3-7,10-11,16-17,22,25,27-29H2,1-2H3. The Balaban J connectivity index is 1.50. The van der Waals surface area contributed by atoms with E-state index >= 15 is 0 Å². The molecule has 0 N–H and O–H groups in total. The predicted molar refractivity (Wildman–Crippen MR) is 180 cm³/mol. The van der Waals surface area contributed by atoms with E-state index in [9.17, 15) is 0 Å². The van der Waals surface area contributed by atoms with Gasteiger partial charge in [0.2, 0.25) is 6.79 Å². The topological polar surface area (TPSA) is 39.5 Å². The first-order chi connectivity index (χ1) is 21.7. The van der Waals surface area contributed by atoms with Gasteiger partial charge >= 0.3 is 0 Å². The zero-order chi connectivity index (χ0) is 30.1. The van der Waals surface area contributed by atoms with Crippen molar-refractivity contribution in [3.05, 3.63) is 90.1 Å². The molecule has 44 heavy (non-hydrogen) atoms. The van der Waals surface area contributed by atoms with Crippen LogP contribution in [-0.2, 0) is 13.1 Å². The Morgan fingerprint density at radius 3 is 2.25 bits per heavy atom. The summed E-state index contributed by atoms with van der Waals surface area (Å²) in [5, 5.41) is 0. The van der Waals surface area contributed by atoms with Crippen LogP contribution >= 0.6 is 0 Å². The van der Waals surface area contributed by atoms with Gasteiger partial charge in [0.05, 0.1) is 17.4 Å². The summed E-state index contributed by atoms with van der Waals surface area (Å²) in [6, 6.07) is 28.5. The lowest BCUT2D eigenvalue weighted by atomic mass is 9.88. The van der Waals surface area contributed by atoms with Crippen molar-refractivity contribution in [2.75, 3.05) is 13.3 Å². The summed E-state index contributed by atoms with van der Waals surface area (Å²) < 4.78 is 14.1. The van der Waals surface area contributed by atoms with E-state index in [0.717, 1.165) is 67.8 Å². The van der Waals surface area contributed by atoms with Gasteiger partial charge in [-0.15, -0.1) is 0 Å². The number of hydrogen-bond donors (Lipinski definition) is 0. The molecule has 6 rings (SSSR count). The van der Waals surface area contributed by atoms with Gasteiger partial charge in [-0.1, -0.05) is 119 Å². The number of hydrogen-bond acceptors (Lipinski definition) is 4. The highest BCUT2D eigenvalue weighted by Crippen LogP contribution is 2.41. The summed E-state index contributed by atoms with van der Waals surface area (Å²) in [5.74, 6) is 3.54. The normalized spacial score (nSPS) is 15.6. The Labute approximate surface area is 264 Å². The third-order valence-corrected chi connectivity index (χ3v) is 9.45. The quantitative estimate of drug-likeness (QED) is 0.146. The maximum Gasteiger partial charge on any atom is 0.231 e. The molecule has 0 radical (unpaired) electrons. The van der Waals surface area contributed by atoms with Gasteiger partial charge in [0.25, 0.3) is 0 Å². The monoisotopic (exact) mass is 591 g/mol. The molecule has 5 heteroatoms. The molecule has 1 saturated carbocycles. The fourth-order valence-corrected chi connectivity index (χ4v) is 7.13. The molecule has 2 aliphatic rings. The second kappa shape index (κ2) is 14.9. The number of benzene rings is 3. The highest BCUT2D eigenvalue weighted by Gasteiger charge is 2.32. The van der Waals surface area contributed by atoms with Crippen molar-refractivity contribution in [1.29, 1.82) is 0 Å². The van der Waals surface area contributed by atoms with Gasteiger partial charge in [-0.3, -0.25) is 4.90 Å². The third-order valence-electron chi connectivity index (χ3n) is 9.45. The van der Waals surface area contributed by atoms with E-state index in [1.807, 2.05) is 0 Å². The molecule has 1 aliphatic carbocycles. The number of fused-ring (bicyclic) bond motifs is 1. The Morgan fingerprint density at radius 1 is 0.818 bits per heavy atom. The number of unbranched alkanes of at least 4 members (excludes halogenated alkanes) is 2. The van der Waals surface area contributed by atoms with Gasteiger partial charge < -0.3 is 14.0 Å². The van der Waals surface area contributed by atoms with Crippen LogP contribution in [0.1, 0.15) is 95.4 Å². The first-order valence-corrected chi connectivity index (χ1v) is 17.1. The summed E-state index contributed by atoms with van der Waals surface area (Å²) in [7, 11) is 0. The molecule has 0 saturated heterocycles. The molecule has 5 nitrogen and oxygen atoms in total. The molecule has 4 aromatic rings. The molecule has 1 aromatic heterocycles. The molecular formula is C39H49N3O2. The van der Waals surface area contributed by atoms with Crippen LogP contribution in [0.3, 0.4) is 0 Å². The van der Waals surface area contributed by atoms with Gasteiger partial charge in [0, 0.05) is 30.8 Å². The molecule has 232 valence electrons. The van der Waals surface area contributed by atoms with Gasteiger partial charge in [0.15, 0.2) is 11.5 Å². The van der Waals surface area contributed by atoms with E-state index in [-0.39, 0.29) is 6.04 Å². The third kappa shape index (κ3) is 7.04. The first-order valence-electron chi connectivity index (χ1n) is 17.1. The second-order valence-corrected chi connectivity index (χ2v) is 12.7. The zero-order valence-electron chi connectivity index (χ0n) is 26.7. The summed E-state index contributed by atoms with van der Waals surface area (Å²) in [4.78, 5) is 8.33. The molecule has 0 bridgehead atoms. The van der Waals surface area contributed by atoms with Crippen molar-refractivity contribution in [1.82, 2.24) is 14.5 Å². The zero-order valence-corrected chi connectivity index (χ0v) is 26.7. The number of aromatic nitrogens is 2. The van der Waals surface area contributed by atoms with Crippen molar-refractivity contribution < 1.29 is 9.47 Å². The maximum absolute atomic E-state index is 5.82. The van der Waals surface area contributed by atoms with Crippen molar-refractivity contribution >= 4 is 0 Å². The number of ether oxygens (including phenoxy) is 2. The Bertz CT molecular complexity index is 1460. The maximum atomic E-state index is 5.82. The van der Waals surface area contributed by atoms with Crippen molar-refractivity contribution in [2.45, 2.75) is 97.2 Å². The van der Waals surface area contributed by atoms with E-state index in [4.69, 9.17) is 14.5 Å². The molecule has 1 aliphatic heterocycles. The molecule has 1 unspecified atom stereocenters. The molecule has 0 amide bonds. The predicted octanol–water partition coefficient (Wildman–Crippen LogP) is 10.1. The smallest absolute Gasteiger partial charge is 0.231 e. The van der Waals surface area contributed by atoms with Crippen molar-refractivity contribution in [3.63, 3.8) is 0 Å². The van der Waals surface area contributed by atoms with Crippen LogP contribution in [0.5, 0.6) is 11.5 Å². The molecule has 1 fully saturated rings. The van der Waals surface area contributed by atoms with Crippen LogP contribution in [0.15, 0.2) is 78.9 Å². The Hall–Kier alpha value is -3.57. The van der Waals surface area contributed by atoms with E-state index in [0.29, 0.717) is 6.79 Å². The molecule has 3 aromatic carbocycles. The van der Waals surface area contributed by atoms with E-state index < -0.39 is 0 Å². The SMILES string of the molecule is CCCCC(c1c(-c2ccccc2)nc(-c2ccccc2)n1CCCC)N(Cc1ccc2c(c1)OCO2)CC1CCCCC1. The number of nitrogens with zero attached hydrogens (tertiary/aromatic N) is 3. The van der Waals surface area contributed by atoms with Crippen LogP contribution in [0.2, 0.25) is 0 Å². The molecule has 0 spiro atoms. The lowest BCUT2D eigenvalue weighted by Gasteiger charge is -2.37. The minimum Gasteiger partial charge on any atom is -0.454 e. The molecule has 1 atom stereocenters. The van der Waals surface area contributed by atoms with E-state index in [1.165, 1.54) is 67.3 Å². The highest BCUT2D eigenvalue weighted by atomic mass is 16.7. The molecular weight excluding hydrogens is 542 g/mol. The van der Waals surface area contributed by atoms with E-state index in [2.05, 4.69) is 102 Å². The Kier molecular flexibility index (Phi) is 10.3. The fraction of sp³-hybridized carbons (Fsp3) is 0.462. The lowest BCUT2D eigenvalue weighted by Crippen LogP contribution is -2.35. The minimum absolute atomic E-state index is 0.249. The van der Waals surface area contributed by atoms with Gasteiger partial charge in [-0.05, 0) is 49.3 Å². The Morgan fingerprint density at radius 2 is 1.52 bits per heavy atom. The van der Waals surface area contributed by atoms with E-state index in [1.54, 1.807) is 0 Å². The fourth-order valence-electron chi connectivity index (χ4n) is 7.13.